The summed E-state index contributed by atoms with van der Waals surface area (Å²) in [5.41, 5.74) is 4.19. The Morgan fingerprint density at radius 2 is 2.23 bits per heavy atom. The van der Waals surface area contributed by atoms with Crippen molar-refractivity contribution in [1.29, 1.82) is 0 Å². The number of ketones is 1. The molecule has 10 nitrogen and oxygen atoms in total. The summed E-state index contributed by atoms with van der Waals surface area (Å²) in [5.74, 6) is -0.671. The summed E-state index contributed by atoms with van der Waals surface area (Å²) in [6, 6.07) is 0.467. The number of aromatic amines is 1. The molecule has 0 atom stereocenters. The number of carbonyl (C=O) groups is 1. The summed E-state index contributed by atoms with van der Waals surface area (Å²) in [7, 11) is 1.48. The Labute approximate surface area is 156 Å². The predicted octanol–water partition coefficient (Wildman–Crippen LogP) is 0.166. The molecule has 1 aliphatic rings. The molecule has 0 aromatic carbocycles. The lowest BCUT2D eigenvalue weighted by atomic mass is 10.2. The number of methoxy groups -OCH3 is 1. The van der Waals surface area contributed by atoms with Crippen LogP contribution in [0.2, 0.25) is 0 Å². The Morgan fingerprint density at radius 3 is 2.92 bits per heavy atom. The molecule has 2 heterocycles. The first-order valence-corrected chi connectivity index (χ1v) is 9.67. The molecule has 12 heteroatoms. The number of carbonyl (C=O) groups excluding carboxylic acids is 1. The second-order valence-corrected chi connectivity index (χ2v) is 7.87. The van der Waals surface area contributed by atoms with Gasteiger partial charge in [-0.3, -0.25) is 19.1 Å². The van der Waals surface area contributed by atoms with Crippen LogP contribution >= 0.6 is 23.1 Å². The van der Waals surface area contributed by atoms with Crippen LogP contribution < -0.4 is 22.3 Å². The van der Waals surface area contributed by atoms with Crippen LogP contribution in [0.1, 0.15) is 23.2 Å². The number of hydrogen-bond donors (Lipinski definition) is 3. The molecule has 0 radical (unpaired) electrons. The third-order valence-corrected chi connectivity index (χ3v) is 5.66. The van der Waals surface area contributed by atoms with Crippen LogP contribution in [0, 0.1) is 0 Å². The molecule has 0 amide bonds. The molecule has 0 saturated heterocycles. The molecular weight excluding hydrogens is 380 g/mol. The maximum atomic E-state index is 12.5. The minimum atomic E-state index is -0.792. The van der Waals surface area contributed by atoms with Crippen LogP contribution in [0.15, 0.2) is 13.9 Å². The topological polar surface area (TPSA) is 145 Å². The van der Waals surface area contributed by atoms with E-state index < -0.39 is 17.0 Å². The first-order valence-electron chi connectivity index (χ1n) is 7.87. The van der Waals surface area contributed by atoms with Crippen molar-refractivity contribution in [2.75, 3.05) is 30.5 Å². The molecule has 140 valence electrons. The summed E-state index contributed by atoms with van der Waals surface area (Å²) in [5, 5.41) is 12.0. The van der Waals surface area contributed by atoms with Gasteiger partial charge < -0.3 is 15.8 Å². The van der Waals surface area contributed by atoms with Gasteiger partial charge in [0.25, 0.3) is 5.56 Å². The quantitative estimate of drug-likeness (QED) is 0.397. The van der Waals surface area contributed by atoms with Gasteiger partial charge in [0, 0.05) is 13.2 Å². The number of ether oxygens (including phenoxy) is 1. The fourth-order valence-electron chi connectivity index (χ4n) is 2.19. The average molecular weight is 398 g/mol. The second-order valence-electron chi connectivity index (χ2n) is 5.67. The summed E-state index contributed by atoms with van der Waals surface area (Å²) >= 11 is 2.52. The summed E-state index contributed by atoms with van der Waals surface area (Å²) in [6.07, 6.45) is 2.25. The van der Waals surface area contributed by atoms with Crippen LogP contribution in [0.25, 0.3) is 0 Å². The molecule has 3 rings (SSSR count). The molecule has 1 fully saturated rings. The minimum Gasteiger partial charge on any atom is -0.384 e. The summed E-state index contributed by atoms with van der Waals surface area (Å²) in [4.78, 5) is 38.5. The zero-order valence-corrected chi connectivity index (χ0v) is 15.6. The van der Waals surface area contributed by atoms with Gasteiger partial charge in [0.05, 0.1) is 18.9 Å². The highest BCUT2D eigenvalue weighted by Gasteiger charge is 2.23. The number of thioether (sulfide) groups is 1. The van der Waals surface area contributed by atoms with Gasteiger partial charge >= 0.3 is 5.69 Å². The van der Waals surface area contributed by atoms with E-state index >= 15 is 0 Å². The number of nitrogen functional groups attached to an aromatic ring is 1. The van der Waals surface area contributed by atoms with Crippen molar-refractivity contribution in [3.8, 4) is 0 Å². The van der Waals surface area contributed by atoms with E-state index in [0.29, 0.717) is 15.5 Å². The van der Waals surface area contributed by atoms with Gasteiger partial charge in [0.2, 0.25) is 5.13 Å². The van der Waals surface area contributed by atoms with Crippen molar-refractivity contribution in [2.24, 2.45) is 0 Å². The van der Waals surface area contributed by atoms with Crippen LogP contribution in [0.5, 0.6) is 0 Å². The maximum absolute atomic E-state index is 12.5. The van der Waals surface area contributed by atoms with Gasteiger partial charge in [-0.05, 0) is 12.8 Å². The molecule has 26 heavy (non-hydrogen) atoms. The highest BCUT2D eigenvalue weighted by atomic mass is 32.2. The molecule has 2 aromatic heterocycles. The van der Waals surface area contributed by atoms with Crippen LogP contribution in [-0.2, 0) is 11.3 Å². The van der Waals surface area contributed by atoms with E-state index in [1.165, 1.54) is 30.2 Å². The lowest BCUT2D eigenvalue weighted by molar-refractivity contribution is 0.102. The molecule has 1 saturated carbocycles. The van der Waals surface area contributed by atoms with Crippen molar-refractivity contribution in [1.82, 2.24) is 19.7 Å². The molecule has 4 N–H and O–H groups in total. The fraction of sp³-hybridized carbons (Fsp3) is 0.500. The zero-order valence-electron chi connectivity index (χ0n) is 14.0. The molecule has 0 spiro atoms. The van der Waals surface area contributed by atoms with Gasteiger partial charge in [-0.15, -0.1) is 10.2 Å². The Kier molecular flexibility index (Phi) is 5.74. The molecular formula is C14H18N6O4S2. The maximum Gasteiger partial charge on any atom is 0.330 e. The SMILES string of the molecule is COCCn1c(N)c(C(=O)CSc2nnc(NC3CC3)s2)c(=O)[nH]c1=O. The van der Waals surface area contributed by atoms with E-state index in [4.69, 9.17) is 10.5 Å². The van der Waals surface area contributed by atoms with E-state index in [1.54, 1.807) is 0 Å². The van der Waals surface area contributed by atoms with Gasteiger partial charge in [-0.1, -0.05) is 23.1 Å². The number of nitrogens with two attached hydrogens (primary N) is 1. The van der Waals surface area contributed by atoms with Crippen molar-refractivity contribution >= 4 is 39.8 Å². The van der Waals surface area contributed by atoms with Gasteiger partial charge in [-0.25, -0.2) is 4.79 Å². The molecule has 1 aliphatic carbocycles. The third-order valence-electron chi connectivity index (χ3n) is 3.68. The lowest BCUT2D eigenvalue weighted by Crippen LogP contribution is -2.37. The van der Waals surface area contributed by atoms with Gasteiger partial charge in [0.1, 0.15) is 11.4 Å². The van der Waals surface area contributed by atoms with Crippen molar-refractivity contribution in [3.05, 3.63) is 26.4 Å². The average Bonchev–Trinajstić information content (AvgIpc) is 3.29. The first kappa shape index (κ1) is 18.6. The number of H-pyrrole nitrogens is 1. The lowest BCUT2D eigenvalue weighted by Gasteiger charge is -2.11. The standard InChI is InChI=1S/C14H18N6O4S2/c1-24-5-4-20-10(15)9(11(22)17-13(20)23)8(21)6-25-14-19-18-12(26-14)16-7-2-3-7/h7H,2-6,15H2,1H3,(H,16,18)(H,17,22,23). The Hall–Kier alpha value is -2.18. The van der Waals surface area contributed by atoms with Gasteiger partial charge in [-0.2, -0.15) is 0 Å². The number of rotatable bonds is 9. The highest BCUT2D eigenvalue weighted by molar-refractivity contribution is 8.01. The van der Waals surface area contributed by atoms with Crippen LogP contribution in [0.3, 0.4) is 0 Å². The van der Waals surface area contributed by atoms with E-state index in [1.807, 2.05) is 0 Å². The monoisotopic (exact) mass is 398 g/mol. The van der Waals surface area contributed by atoms with Crippen molar-refractivity contribution in [2.45, 2.75) is 29.8 Å². The van der Waals surface area contributed by atoms with E-state index in [2.05, 4.69) is 20.5 Å². The number of Topliss-reactive ketones (excluding diaryl/α,β-unsaturated/α-hetero) is 1. The van der Waals surface area contributed by atoms with Crippen molar-refractivity contribution < 1.29 is 9.53 Å². The Balaban J connectivity index is 1.71. The van der Waals surface area contributed by atoms with E-state index in [0.717, 1.165) is 17.4 Å². The summed E-state index contributed by atoms with van der Waals surface area (Å²) in [6.45, 7) is 0.359. The number of hydrogen-bond acceptors (Lipinski definition) is 10. The smallest absolute Gasteiger partial charge is 0.330 e. The fourth-order valence-corrected chi connectivity index (χ4v) is 3.89. The highest BCUT2D eigenvalue weighted by Crippen LogP contribution is 2.30. The van der Waals surface area contributed by atoms with E-state index in [-0.39, 0.29) is 30.3 Å². The summed E-state index contributed by atoms with van der Waals surface area (Å²) < 4.78 is 6.64. The molecule has 0 unspecified atom stereocenters. The minimum absolute atomic E-state index is 0.0339. The normalized spacial score (nSPS) is 13.7. The number of nitrogens with zero attached hydrogens (tertiary/aromatic N) is 3. The largest absolute Gasteiger partial charge is 0.384 e. The first-order chi connectivity index (χ1) is 12.5. The molecule has 0 aliphatic heterocycles. The number of anilines is 2. The zero-order chi connectivity index (χ0) is 18.7. The molecule has 2 aromatic rings. The van der Waals surface area contributed by atoms with Gasteiger partial charge in [0.15, 0.2) is 10.1 Å². The predicted molar refractivity (Wildman–Crippen MR) is 99.2 cm³/mol. The third kappa shape index (κ3) is 4.31. The van der Waals surface area contributed by atoms with Crippen LogP contribution in [-0.4, -0.2) is 51.0 Å². The molecule has 0 bridgehead atoms. The number of nitrogens with one attached hydrogen (secondary N) is 2. The van der Waals surface area contributed by atoms with E-state index in [9.17, 15) is 14.4 Å². The Morgan fingerprint density at radius 1 is 1.46 bits per heavy atom. The Bertz CT molecular complexity index is 917. The second kappa shape index (κ2) is 8.01. The number of aromatic nitrogens is 4. The van der Waals surface area contributed by atoms with Crippen molar-refractivity contribution in [3.63, 3.8) is 0 Å². The van der Waals surface area contributed by atoms with Crippen LogP contribution in [0.4, 0.5) is 10.9 Å².